The molecule has 1 aromatic rings. The number of carboxylic acids is 1. The molecule has 0 saturated heterocycles. The highest BCUT2D eigenvalue weighted by Crippen LogP contribution is 2.20. The molecule has 70 valence electrons. The number of aryl methyl sites for hydroxylation is 1. The molecule has 0 radical (unpaired) electrons. The van der Waals surface area contributed by atoms with Crippen LogP contribution in [0.15, 0.2) is 18.3 Å². The standard InChI is InChI=1S/C10H13NO2/c1-7(6-10(12)13)9-4-3-5-11-8(9)2/h3-5,7H,6H2,1-2H3,(H,12,13). The molecule has 1 N–H and O–H groups in total. The monoisotopic (exact) mass is 179 g/mol. The van der Waals surface area contributed by atoms with Crippen molar-refractivity contribution in [3.8, 4) is 0 Å². The van der Waals surface area contributed by atoms with Crippen molar-refractivity contribution < 1.29 is 9.90 Å². The SMILES string of the molecule is Cc1ncccc1C(C)CC(=O)O. The van der Waals surface area contributed by atoms with Gasteiger partial charge in [0.25, 0.3) is 0 Å². The largest absolute Gasteiger partial charge is 0.481 e. The molecule has 0 fully saturated rings. The van der Waals surface area contributed by atoms with Gasteiger partial charge in [0.15, 0.2) is 0 Å². The van der Waals surface area contributed by atoms with Crippen LogP contribution in [0.5, 0.6) is 0 Å². The fourth-order valence-corrected chi connectivity index (χ4v) is 1.39. The van der Waals surface area contributed by atoms with E-state index in [-0.39, 0.29) is 12.3 Å². The van der Waals surface area contributed by atoms with Gasteiger partial charge in [-0.2, -0.15) is 0 Å². The minimum atomic E-state index is -0.768. The van der Waals surface area contributed by atoms with E-state index in [0.29, 0.717) is 0 Å². The molecule has 1 rings (SSSR count). The number of pyridine rings is 1. The van der Waals surface area contributed by atoms with Gasteiger partial charge in [-0.25, -0.2) is 0 Å². The highest BCUT2D eigenvalue weighted by atomic mass is 16.4. The Morgan fingerprint density at radius 1 is 1.69 bits per heavy atom. The van der Waals surface area contributed by atoms with E-state index in [1.54, 1.807) is 6.20 Å². The molecule has 1 unspecified atom stereocenters. The maximum Gasteiger partial charge on any atom is 0.303 e. The lowest BCUT2D eigenvalue weighted by Gasteiger charge is -2.10. The number of carbonyl (C=O) groups is 1. The number of nitrogens with zero attached hydrogens (tertiary/aromatic N) is 1. The average molecular weight is 179 g/mol. The van der Waals surface area contributed by atoms with Gasteiger partial charge >= 0.3 is 5.97 Å². The van der Waals surface area contributed by atoms with Crippen LogP contribution < -0.4 is 0 Å². The Kier molecular flexibility index (Phi) is 3.01. The maximum atomic E-state index is 10.5. The van der Waals surface area contributed by atoms with Gasteiger partial charge < -0.3 is 5.11 Å². The Bertz CT molecular complexity index is 310. The Balaban J connectivity index is 2.82. The van der Waals surface area contributed by atoms with E-state index in [9.17, 15) is 4.79 Å². The minimum absolute atomic E-state index is 0.0335. The van der Waals surface area contributed by atoms with Gasteiger partial charge in [0.05, 0.1) is 6.42 Å². The minimum Gasteiger partial charge on any atom is -0.481 e. The van der Waals surface area contributed by atoms with Crippen LogP contribution in [-0.4, -0.2) is 16.1 Å². The smallest absolute Gasteiger partial charge is 0.303 e. The molecule has 0 aliphatic carbocycles. The summed E-state index contributed by atoms with van der Waals surface area (Å²) < 4.78 is 0. The van der Waals surface area contributed by atoms with Crippen molar-refractivity contribution in [2.24, 2.45) is 0 Å². The van der Waals surface area contributed by atoms with Crippen LogP contribution in [-0.2, 0) is 4.79 Å². The Morgan fingerprint density at radius 2 is 2.38 bits per heavy atom. The van der Waals surface area contributed by atoms with E-state index < -0.39 is 5.97 Å². The van der Waals surface area contributed by atoms with Crippen LogP contribution in [0.4, 0.5) is 0 Å². The molecule has 13 heavy (non-hydrogen) atoms. The van der Waals surface area contributed by atoms with E-state index in [0.717, 1.165) is 11.3 Å². The number of hydrogen-bond donors (Lipinski definition) is 1. The van der Waals surface area contributed by atoms with E-state index in [4.69, 9.17) is 5.11 Å². The second-order valence-electron chi connectivity index (χ2n) is 3.18. The second kappa shape index (κ2) is 4.03. The first-order valence-electron chi connectivity index (χ1n) is 4.24. The zero-order valence-electron chi connectivity index (χ0n) is 7.82. The molecule has 0 spiro atoms. The topological polar surface area (TPSA) is 50.2 Å². The molecule has 3 heteroatoms. The van der Waals surface area contributed by atoms with E-state index in [1.165, 1.54) is 0 Å². The summed E-state index contributed by atoms with van der Waals surface area (Å²) in [5.41, 5.74) is 1.93. The molecule has 0 saturated carbocycles. The molecule has 0 aliphatic rings. The average Bonchev–Trinajstić information content (AvgIpc) is 2.03. The molecule has 0 aromatic carbocycles. The van der Waals surface area contributed by atoms with Gasteiger partial charge in [0, 0.05) is 11.9 Å². The van der Waals surface area contributed by atoms with Crippen LogP contribution in [0, 0.1) is 6.92 Å². The first-order valence-corrected chi connectivity index (χ1v) is 4.24. The van der Waals surface area contributed by atoms with Crippen LogP contribution >= 0.6 is 0 Å². The van der Waals surface area contributed by atoms with Gasteiger partial charge in [-0.15, -0.1) is 0 Å². The normalized spacial score (nSPS) is 12.5. The van der Waals surface area contributed by atoms with E-state index in [1.807, 2.05) is 26.0 Å². The molecule has 1 aromatic heterocycles. The van der Waals surface area contributed by atoms with Crippen LogP contribution in [0.1, 0.15) is 30.5 Å². The first kappa shape index (κ1) is 9.71. The highest BCUT2D eigenvalue weighted by molar-refractivity contribution is 5.68. The van der Waals surface area contributed by atoms with Crippen LogP contribution in [0.25, 0.3) is 0 Å². The van der Waals surface area contributed by atoms with Crippen LogP contribution in [0.2, 0.25) is 0 Å². The maximum absolute atomic E-state index is 10.5. The van der Waals surface area contributed by atoms with Gasteiger partial charge in [-0.1, -0.05) is 13.0 Å². The lowest BCUT2D eigenvalue weighted by molar-refractivity contribution is -0.137. The highest BCUT2D eigenvalue weighted by Gasteiger charge is 2.11. The van der Waals surface area contributed by atoms with Gasteiger partial charge in [0.1, 0.15) is 0 Å². The molecular formula is C10H13NO2. The Hall–Kier alpha value is -1.38. The van der Waals surface area contributed by atoms with Crippen molar-refractivity contribution in [2.45, 2.75) is 26.2 Å². The molecule has 1 heterocycles. The molecule has 0 aliphatic heterocycles. The molecule has 3 nitrogen and oxygen atoms in total. The number of aromatic nitrogens is 1. The third kappa shape index (κ3) is 2.54. The predicted molar refractivity (Wildman–Crippen MR) is 49.6 cm³/mol. The Morgan fingerprint density at radius 3 is 2.92 bits per heavy atom. The lowest BCUT2D eigenvalue weighted by atomic mass is 9.97. The number of carboxylic acid groups (broad SMARTS) is 1. The molecule has 1 atom stereocenters. The van der Waals surface area contributed by atoms with Crippen molar-refractivity contribution in [2.75, 3.05) is 0 Å². The van der Waals surface area contributed by atoms with Crippen molar-refractivity contribution >= 4 is 5.97 Å². The molecular weight excluding hydrogens is 166 g/mol. The summed E-state index contributed by atoms with van der Waals surface area (Å²) in [4.78, 5) is 14.6. The third-order valence-corrected chi connectivity index (χ3v) is 2.06. The molecule has 0 bridgehead atoms. The first-order chi connectivity index (χ1) is 6.11. The van der Waals surface area contributed by atoms with Gasteiger partial charge in [-0.3, -0.25) is 9.78 Å². The summed E-state index contributed by atoms with van der Waals surface area (Å²) in [7, 11) is 0. The number of aliphatic carboxylic acids is 1. The van der Waals surface area contributed by atoms with Crippen molar-refractivity contribution in [1.29, 1.82) is 0 Å². The number of rotatable bonds is 3. The van der Waals surface area contributed by atoms with Crippen molar-refractivity contribution in [3.05, 3.63) is 29.6 Å². The fourth-order valence-electron chi connectivity index (χ4n) is 1.39. The molecule has 0 amide bonds. The summed E-state index contributed by atoms with van der Waals surface area (Å²) in [6.45, 7) is 3.80. The number of hydrogen-bond acceptors (Lipinski definition) is 2. The summed E-state index contributed by atoms with van der Waals surface area (Å²) in [5, 5.41) is 8.62. The lowest BCUT2D eigenvalue weighted by Crippen LogP contribution is -2.04. The van der Waals surface area contributed by atoms with Gasteiger partial charge in [0.2, 0.25) is 0 Å². The summed E-state index contributed by atoms with van der Waals surface area (Å²) in [6.07, 6.45) is 1.87. The fraction of sp³-hybridized carbons (Fsp3) is 0.400. The van der Waals surface area contributed by atoms with Gasteiger partial charge in [-0.05, 0) is 24.5 Å². The zero-order valence-corrected chi connectivity index (χ0v) is 7.82. The third-order valence-electron chi connectivity index (χ3n) is 2.06. The zero-order chi connectivity index (χ0) is 9.84. The summed E-state index contributed by atoms with van der Waals surface area (Å²) in [6, 6.07) is 3.76. The van der Waals surface area contributed by atoms with E-state index >= 15 is 0 Å². The van der Waals surface area contributed by atoms with Crippen molar-refractivity contribution in [3.63, 3.8) is 0 Å². The summed E-state index contributed by atoms with van der Waals surface area (Å²) >= 11 is 0. The Labute approximate surface area is 77.4 Å². The predicted octanol–water partition coefficient (Wildman–Crippen LogP) is 1.97. The van der Waals surface area contributed by atoms with Crippen LogP contribution in [0.3, 0.4) is 0 Å². The summed E-state index contributed by atoms with van der Waals surface area (Å²) in [5.74, 6) is -0.734. The van der Waals surface area contributed by atoms with E-state index in [2.05, 4.69) is 4.98 Å². The van der Waals surface area contributed by atoms with Crippen molar-refractivity contribution in [1.82, 2.24) is 4.98 Å². The quantitative estimate of drug-likeness (QED) is 0.771. The second-order valence-corrected chi connectivity index (χ2v) is 3.18.